The molecule has 2 heterocycles. The number of piperidine rings is 1. The summed E-state index contributed by atoms with van der Waals surface area (Å²) in [5.74, 6) is 0.388. The third-order valence-electron chi connectivity index (χ3n) is 5.09. The molecule has 0 unspecified atom stereocenters. The van der Waals surface area contributed by atoms with Crippen LogP contribution in [0.15, 0.2) is 23.1 Å². The Balaban J connectivity index is 1.51. The molecule has 0 bridgehead atoms. The van der Waals surface area contributed by atoms with Gasteiger partial charge in [-0.25, -0.2) is 13.1 Å². The van der Waals surface area contributed by atoms with E-state index in [1.54, 1.807) is 12.1 Å². The Labute approximate surface area is 149 Å². The first kappa shape index (κ1) is 18.1. The van der Waals surface area contributed by atoms with E-state index < -0.39 is 10.0 Å². The highest BCUT2D eigenvalue weighted by molar-refractivity contribution is 7.89. The molecule has 134 valence electrons. The van der Waals surface area contributed by atoms with Crippen LogP contribution >= 0.6 is 11.6 Å². The van der Waals surface area contributed by atoms with Crippen LogP contribution < -0.4 is 4.72 Å². The summed E-state index contributed by atoms with van der Waals surface area (Å²) in [7, 11) is -3.50. The lowest BCUT2D eigenvalue weighted by Gasteiger charge is -2.35. The van der Waals surface area contributed by atoms with E-state index in [2.05, 4.69) is 9.62 Å². The molecule has 2 fully saturated rings. The molecule has 2 aliphatic heterocycles. The van der Waals surface area contributed by atoms with Gasteiger partial charge in [0.15, 0.2) is 0 Å². The Hall–Kier alpha value is -0.660. The standard InChI is InChI=1S/C17H25ClN2O3S/c1-13-2-3-16(10-17(13)18)24(21,22)19-11-14-4-7-20(8-5-14)15-6-9-23-12-15/h2-3,10,14-15,19H,4-9,11-12H2,1H3/t15-/m1/s1. The van der Waals surface area contributed by atoms with Gasteiger partial charge in [0.25, 0.3) is 0 Å². The molecule has 0 spiro atoms. The Morgan fingerprint density at radius 1 is 1.29 bits per heavy atom. The van der Waals surface area contributed by atoms with Gasteiger partial charge in [-0.05, 0) is 62.9 Å². The number of rotatable bonds is 5. The van der Waals surface area contributed by atoms with E-state index in [9.17, 15) is 8.42 Å². The number of nitrogens with zero attached hydrogens (tertiary/aromatic N) is 1. The summed E-state index contributed by atoms with van der Waals surface area (Å²) in [6.45, 7) is 6.10. The average Bonchev–Trinajstić information content (AvgIpc) is 3.10. The monoisotopic (exact) mass is 372 g/mol. The van der Waals surface area contributed by atoms with Crippen molar-refractivity contribution in [2.24, 2.45) is 5.92 Å². The predicted octanol–water partition coefficient (Wildman–Crippen LogP) is 2.43. The number of ether oxygens (including phenoxy) is 1. The molecule has 0 aromatic heterocycles. The zero-order valence-corrected chi connectivity index (χ0v) is 15.6. The number of likely N-dealkylation sites (tertiary alicyclic amines) is 1. The first-order chi connectivity index (χ1) is 11.5. The second kappa shape index (κ2) is 7.70. The summed E-state index contributed by atoms with van der Waals surface area (Å²) < 4.78 is 33.0. The minimum Gasteiger partial charge on any atom is -0.380 e. The van der Waals surface area contributed by atoms with Crippen LogP contribution in [-0.2, 0) is 14.8 Å². The number of hydrogen-bond acceptors (Lipinski definition) is 4. The van der Waals surface area contributed by atoms with Crippen molar-refractivity contribution in [1.29, 1.82) is 0 Å². The zero-order chi connectivity index (χ0) is 17.2. The van der Waals surface area contributed by atoms with Crippen molar-refractivity contribution in [3.05, 3.63) is 28.8 Å². The molecule has 1 N–H and O–H groups in total. The Morgan fingerprint density at radius 3 is 2.67 bits per heavy atom. The summed E-state index contributed by atoms with van der Waals surface area (Å²) in [5.41, 5.74) is 0.874. The fourth-order valence-corrected chi connectivity index (χ4v) is 4.77. The fourth-order valence-electron chi connectivity index (χ4n) is 3.38. The van der Waals surface area contributed by atoms with Crippen molar-refractivity contribution in [3.63, 3.8) is 0 Å². The lowest BCUT2D eigenvalue weighted by Crippen LogP contribution is -2.43. The third-order valence-corrected chi connectivity index (χ3v) is 6.92. The van der Waals surface area contributed by atoms with Crippen molar-refractivity contribution >= 4 is 21.6 Å². The molecule has 5 nitrogen and oxygen atoms in total. The van der Waals surface area contributed by atoms with Crippen LogP contribution in [0, 0.1) is 12.8 Å². The van der Waals surface area contributed by atoms with Gasteiger partial charge in [0.1, 0.15) is 0 Å². The van der Waals surface area contributed by atoms with Crippen molar-refractivity contribution in [2.45, 2.75) is 37.1 Å². The number of benzene rings is 1. The number of aryl methyl sites for hydroxylation is 1. The summed E-state index contributed by atoms with van der Waals surface area (Å²) in [4.78, 5) is 2.72. The largest absolute Gasteiger partial charge is 0.380 e. The smallest absolute Gasteiger partial charge is 0.240 e. The van der Waals surface area contributed by atoms with Crippen molar-refractivity contribution in [3.8, 4) is 0 Å². The minimum absolute atomic E-state index is 0.235. The SMILES string of the molecule is Cc1ccc(S(=O)(=O)NCC2CCN([C@@H]3CCOC3)CC2)cc1Cl. The van der Waals surface area contributed by atoms with E-state index in [4.69, 9.17) is 16.3 Å². The van der Waals surface area contributed by atoms with Gasteiger partial charge in [0.2, 0.25) is 10.0 Å². The molecule has 2 aliphatic rings. The molecular formula is C17H25ClN2O3S. The maximum atomic E-state index is 12.4. The van der Waals surface area contributed by atoms with E-state index in [1.807, 2.05) is 6.92 Å². The number of halogens is 1. The summed E-state index contributed by atoms with van der Waals surface area (Å²) in [6, 6.07) is 5.41. The van der Waals surface area contributed by atoms with Gasteiger partial charge in [-0.3, -0.25) is 4.90 Å². The van der Waals surface area contributed by atoms with E-state index in [-0.39, 0.29) is 4.90 Å². The molecule has 3 rings (SSSR count). The predicted molar refractivity (Wildman–Crippen MR) is 94.9 cm³/mol. The van der Waals surface area contributed by atoms with Crippen LogP contribution in [-0.4, -0.2) is 52.2 Å². The Kier molecular flexibility index (Phi) is 5.82. The molecule has 1 aromatic rings. The highest BCUT2D eigenvalue weighted by atomic mass is 35.5. The molecule has 0 saturated carbocycles. The first-order valence-electron chi connectivity index (χ1n) is 8.53. The summed E-state index contributed by atoms with van der Waals surface area (Å²) >= 11 is 6.04. The molecule has 0 radical (unpaired) electrons. The Bertz CT molecular complexity index is 666. The normalized spacial score (nSPS) is 23.7. The molecule has 1 aromatic carbocycles. The van der Waals surface area contributed by atoms with Gasteiger partial charge in [-0.15, -0.1) is 0 Å². The van der Waals surface area contributed by atoms with Crippen LogP contribution in [0.25, 0.3) is 0 Å². The van der Waals surface area contributed by atoms with Crippen molar-refractivity contribution in [2.75, 3.05) is 32.8 Å². The third kappa shape index (κ3) is 4.29. The first-order valence-corrected chi connectivity index (χ1v) is 10.4. The van der Waals surface area contributed by atoms with Gasteiger partial charge in [0.05, 0.1) is 11.5 Å². The van der Waals surface area contributed by atoms with Crippen LogP contribution in [0.3, 0.4) is 0 Å². The van der Waals surface area contributed by atoms with Gasteiger partial charge >= 0.3 is 0 Å². The molecule has 7 heteroatoms. The van der Waals surface area contributed by atoms with Crippen LogP contribution in [0.5, 0.6) is 0 Å². The number of sulfonamides is 1. The van der Waals surface area contributed by atoms with Gasteiger partial charge in [-0.2, -0.15) is 0 Å². The second-order valence-corrected chi connectivity index (χ2v) is 8.93. The maximum absolute atomic E-state index is 12.4. The molecule has 2 saturated heterocycles. The quantitative estimate of drug-likeness (QED) is 0.862. The van der Waals surface area contributed by atoms with Crippen LogP contribution in [0.1, 0.15) is 24.8 Å². The van der Waals surface area contributed by atoms with Crippen LogP contribution in [0.2, 0.25) is 5.02 Å². The Morgan fingerprint density at radius 2 is 2.04 bits per heavy atom. The fraction of sp³-hybridized carbons (Fsp3) is 0.647. The molecular weight excluding hydrogens is 348 g/mol. The summed E-state index contributed by atoms with van der Waals surface area (Å²) in [5, 5.41) is 0.477. The van der Waals surface area contributed by atoms with E-state index in [0.29, 0.717) is 23.5 Å². The number of nitrogens with one attached hydrogen (secondary N) is 1. The summed E-state index contributed by atoms with van der Waals surface area (Å²) in [6.07, 6.45) is 3.16. The van der Waals surface area contributed by atoms with Gasteiger partial charge in [0, 0.05) is 24.2 Å². The molecule has 24 heavy (non-hydrogen) atoms. The number of hydrogen-bond donors (Lipinski definition) is 1. The van der Waals surface area contributed by atoms with E-state index >= 15 is 0 Å². The second-order valence-electron chi connectivity index (χ2n) is 6.76. The van der Waals surface area contributed by atoms with Crippen molar-refractivity contribution < 1.29 is 13.2 Å². The van der Waals surface area contributed by atoms with Gasteiger partial charge < -0.3 is 4.74 Å². The lowest BCUT2D eigenvalue weighted by molar-refractivity contribution is 0.111. The minimum atomic E-state index is -3.50. The van der Waals surface area contributed by atoms with Crippen LogP contribution in [0.4, 0.5) is 0 Å². The molecule has 1 atom stereocenters. The highest BCUT2D eigenvalue weighted by Gasteiger charge is 2.28. The van der Waals surface area contributed by atoms with Crippen molar-refractivity contribution in [1.82, 2.24) is 9.62 Å². The van der Waals surface area contributed by atoms with E-state index in [0.717, 1.165) is 51.1 Å². The maximum Gasteiger partial charge on any atom is 0.240 e. The van der Waals surface area contributed by atoms with Gasteiger partial charge in [-0.1, -0.05) is 17.7 Å². The zero-order valence-electron chi connectivity index (χ0n) is 14.0. The molecule has 0 amide bonds. The molecule has 0 aliphatic carbocycles. The average molecular weight is 373 g/mol. The highest BCUT2D eigenvalue weighted by Crippen LogP contribution is 2.23. The van der Waals surface area contributed by atoms with E-state index in [1.165, 1.54) is 6.07 Å². The lowest BCUT2D eigenvalue weighted by atomic mass is 9.96. The topological polar surface area (TPSA) is 58.6 Å².